The molecule has 0 bridgehead atoms. The Morgan fingerprint density at radius 1 is 0.381 bits per heavy atom. The Bertz CT molecular complexity index is 1340. The highest BCUT2D eigenvalue weighted by atomic mass is 16.5. The van der Waals surface area contributed by atoms with Crippen molar-refractivity contribution in [2.45, 2.75) is 57.8 Å². The summed E-state index contributed by atoms with van der Waals surface area (Å²) in [5.74, 6) is 2.32. The summed E-state index contributed by atoms with van der Waals surface area (Å²) in [6.07, 6.45) is 4.35. The first-order valence-corrected chi connectivity index (χ1v) is 14.2. The second-order valence-electron chi connectivity index (χ2n) is 12.1. The molecule has 4 aromatic carbocycles. The molecule has 0 aliphatic rings. The molecule has 0 saturated heterocycles. The van der Waals surface area contributed by atoms with Crippen LogP contribution in [0.4, 0.5) is 0 Å². The maximum absolute atomic E-state index is 5.49. The Morgan fingerprint density at radius 3 is 0.786 bits per heavy atom. The van der Waals surface area contributed by atoms with Crippen LogP contribution in [0.2, 0.25) is 0 Å². The van der Waals surface area contributed by atoms with E-state index in [4.69, 9.17) is 14.2 Å². The second-order valence-corrected chi connectivity index (χ2v) is 12.1. The standard InChI is InChI=1S/C39H42O3/c1-10-40-34-19-13-28(14-20-34)37(4,5)31-25-32(38(6,7)29-15-21-35(22-16-29)41-11-2)27-33(26-31)39(8,9)30-17-23-36(24-18-30)42-12-3/h10-27H,1-3H2,4-9H3. The molecule has 0 N–H and O–H groups in total. The van der Waals surface area contributed by atoms with E-state index in [9.17, 15) is 0 Å². The van der Waals surface area contributed by atoms with Gasteiger partial charge in [0.25, 0.3) is 0 Å². The molecule has 4 rings (SSSR count). The van der Waals surface area contributed by atoms with Gasteiger partial charge in [-0.15, -0.1) is 0 Å². The van der Waals surface area contributed by atoms with Crippen LogP contribution in [0.5, 0.6) is 17.2 Å². The molecule has 0 saturated carbocycles. The predicted molar refractivity (Wildman–Crippen MR) is 175 cm³/mol. The minimum absolute atomic E-state index is 0.271. The monoisotopic (exact) mass is 558 g/mol. The number of rotatable bonds is 12. The van der Waals surface area contributed by atoms with E-state index in [0.29, 0.717) is 0 Å². The molecule has 3 heteroatoms. The maximum Gasteiger partial charge on any atom is 0.126 e. The van der Waals surface area contributed by atoms with Gasteiger partial charge in [-0.1, -0.05) is 116 Å². The van der Waals surface area contributed by atoms with Crippen molar-refractivity contribution in [1.82, 2.24) is 0 Å². The quantitative estimate of drug-likeness (QED) is 0.162. The molecule has 0 atom stereocenters. The molecular weight excluding hydrogens is 516 g/mol. The summed E-state index contributed by atoms with van der Waals surface area (Å²) < 4.78 is 16.5. The zero-order chi connectivity index (χ0) is 30.5. The van der Waals surface area contributed by atoms with Gasteiger partial charge in [0, 0.05) is 16.2 Å². The van der Waals surface area contributed by atoms with Gasteiger partial charge >= 0.3 is 0 Å². The van der Waals surface area contributed by atoms with Crippen LogP contribution >= 0.6 is 0 Å². The highest BCUT2D eigenvalue weighted by molar-refractivity contribution is 5.51. The van der Waals surface area contributed by atoms with Crippen LogP contribution in [-0.4, -0.2) is 0 Å². The van der Waals surface area contributed by atoms with Gasteiger partial charge in [-0.3, -0.25) is 0 Å². The van der Waals surface area contributed by atoms with Crippen LogP contribution < -0.4 is 14.2 Å². The molecule has 3 nitrogen and oxygen atoms in total. The van der Waals surface area contributed by atoms with Crippen molar-refractivity contribution in [2.75, 3.05) is 0 Å². The average molecular weight is 559 g/mol. The van der Waals surface area contributed by atoms with Crippen molar-refractivity contribution >= 4 is 0 Å². The third-order valence-corrected chi connectivity index (χ3v) is 8.48. The van der Waals surface area contributed by atoms with Gasteiger partial charge in [-0.2, -0.15) is 0 Å². The van der Waals surface area contributed by atoms with E-state index in [1.54, 1.807) is 0 Å². The lowest BCUT2D eigenvalue weighted by Crippen LogP contribution is -2.26. The molecule has 4 aromatic rings. The molecule has 0 radical (unpaired) electrons. The van der Waals surface area contributed by atoms with Crippen molar-refractivity contribution < 1.29 is 14.2 Å². The van der Waals surface area contributed by atoms with E-state index in [0.717, 1.165) is 17.2 Å². The molecule has 42 heavy (non-hydrogen) atoms. The summed E-state index contributed by atoms with van der Waals surface area (Å²) in [6, 6.07) is 31.9. The van der Waals surface area contributed by atoms with Crippen molar-refractivity contribution in [1.29, 1.82) is 0 Å². The van der Waals surface area contributed by atoms with Crippen LogP contribution in [0.1, 0.15) is 74.9 Å². The SMILES string of the molecule is C=COc1ccc(C(C)(C)c2cc(C(C)(C)c3ccc(OC=C)cc3)cc(C(C)(C)c3ccc(OC=C)cc3)c2)cc1. The van der Waals surface area contributed by atoms with E-state index in [-0.39, 0.29) is 16.2 Å². The fourth-order valence-corrected chi connectivity index (χ4v) is 5.35. The van der Waals surface area contributed by atoms with Crippen molar-refractivity contribution in [3.63, 3.8) is 0 Å². The lowest BCUT2D eigenvalue weighted by molar-refractivity contribution is 0.482. The Morgan fingerprint density at radius 2 is 0.595 bits per heavy atom. The van der Waals surface area contributed by atoms with E-state index < -0.39 is 0 Å². The number of hydrogen-bond acceptors (Lipinski definition) is 3. The fraction of sp³-hybridized carbons (Fsp3) is 0.231. The van der Waals surface area contributed by atoms with Crippen LogP contribution in [-0.2, 0) is 16.2 Å². The van der Waals surface area contributed by atoms with E-state index in [2.05, 4.69) is 116 Å². The molecular formula is C39H42O3. The van der Waals surface area contributed by atoms with E-state index in [1.165, 1.54) is 52.2 Å². The molecule has 0 amide bonds. The van der Waals surface area contributed by atoms with Gasteiger partial charge in [0.1, 0.15) is 17.2 Å². The fourth-order valence-electron chi connectivity index (χ4n) is 5.35. The first-order valence-electron chi connectivity index (χ1n) is 14.2. The van der Waals surface area contributed by atoms with Gasteiger partial charge in [0.2, 0.25) is 0 Å². The minimum Gasteiger partial charge on any atom is -0.466 e. The van der Waals surface area contributed by atoms with Crippen LogP contribution in [0.15, 0.2) is 130 Å². The second kappa shape index (κ2) is 12.2. The summed E-state index contributed by atoms with van der Waals surface area (Å²) in [5.41, 5.74) is 6.52. The molecule has 0 fully saturated rings. The first-order chi connectivity index (χ1) is 19.9. The number of ether oxygens (including phenoxy) is 3. The number of hydrogen-bond donors (Lipinski definition) is 0. The molecule has 0 aliphatic heterocycles. The van der Waals surface area contributed by atoms with Crippen molar-refractivity contribution in [3.05, 3.63) is 163 Å². The van der Waals surface area contributed by atoms with Crippen LogP contribution in [0.3, 0.4) is 0 Å². The zero-order valence-corrected chi connectivity index (χ0v) is 25.7. The largest absolute Gasteiger partial charge is 0.466 e. The van der Waals surface area contributed by atoms with Gasteiger partial charge in [-0.25, -0.2) is 0 Å². The topological polar surface area (TPSA) is 27.7 Å². The Balaban J connectivity index is 1.87. The average Bonchev–Trinajstić information content (AvgIpc) is 2.98. The summed E-state index contributed by atoms with van der Waals surface area (Å²) in [7, 11) is 0. The van der Waals surface area contributed by atoms with Crippen molar-refractivity contribution in [2.24, 2.45) is 0 Å². The van der Waals surface area contributed by atoms with E-state index >= 15 is 0 Å². The Hall–Kier alpha value is -4.50. The third kappa shape index (κ3) is 6.21. The molecule has 0 aliphatic carbocycles. The van der Waals surface area contributed by atoms with Crippen LogP contribution in [0, 0.1) is 0 Å². The molecule has 0 unspecified atom stereocenters. The number of benzene rings is 4. The third-order valence-electron chi connectivity index (χ3n) is 8.48. The summed E-state index contributed by atoms with van der Waals surface area (Å²) in [5, 5.41) is 0. The molecule has 0 spiro atoms. The first kappa shape index (κ1) is 30.5. The van der Waals surface area contributed by atoms with Gasteiger partial charge < -0.3 is 14.2 Å². The highest BCUT2D eigenvalue weighted by Gasteiger charge is 2.32. The Labute approximate surface area is 251 Å². The lowest BCUT2D eigenvalue weighted by Gasteiger charge is -2.35. The van der Waals surface area contributed by atoms with Gasteiger partial charge in [0.05, 0.1) is 18.8 Å². The summed E-state index contributed by atoms with van der Waals surface area (Å²) in [4.78, 5) is 0. The van der Waals surface area contributed by atoms with Gasteiger partial charge in [0.15, 0.2) is 0 Å². The van der Waals surface area contributed by atoms with Crippen molar-refractivity contribution in [3.8, 4) is 17.2 Å². The summed E-state index contributed by atoms with van der Waals surface area (Å²) >= 11 is 0. The molecule has 0 heterocycles. The summed E-state index contributed by atoms with van der Waals surface area (Å²) in [6.45, 7) is 24.7. The van der Waals surface area contributed by atoms with E-state index in [1.807, 2.05) is 36.4 Å². The van der Waals surface area contributed by atoms with Crippen LogP contribution in [0.25, 0.3) is 0 Å². The smallest absolute Gasteiger partial charge is 0.126 e. The normalized spacial score (nSPS) is 11.9. The molecule has 0 aromatic heterocycles. The lowest BCUT2D eigenvalue weighted by atomic mass is 9.69. The minimum atomic E-state index is -0.271. The zero-order valence-electron chi connectivity index (χ0n) is 25.7. The predicted octanol–water partition coefficient (Wildman–Crippen LogP) is 10.2. The Kier molecular flexibility index (Phi) is 8.82. The molecule has 216 valence electrons. The maximum atomic E-state index is 5.49. The van der Waals surface area contributed by atoms with Gasteiger partial charge in [-0.05, 0) is 69.8 Å². The highest BCUT2D eigenvalue weighted by Crippen LogP contribution is 2.42.